The van der Waals surface area contributed by atoms with Crippen LogP contribution in [-0.2, 0) is 4.79 Å². The van der Waals surface area contributed by atoms with E-state index in [1.807, 2.05) is 13.8 Å². The van der Waals surface area contributed by atoms with Crippen LogP contribution in [0, 0.1) is 0 Å². The molecular formula is C12H14O4. The Bertz CT molecular complexity index is 396. The minimum Gasteiger partial charge on any atom is -0.487 e. The maximum Gasteiger partial charge on any atom is 0.308 e. The molecule has 0 bridgehead atoms. The van der Waals surface area contributed by atoms with Crippen LogP contribution in [0.25, 0.3) is 0 Å². The summed E-state index contributed by atoms with van der Waals surface area (Å²) in [4.78, 5) is 21.7. The molecule has 0 unspecified atom stereocenters. The molecule has 0 aliphatic heterocycles. The second-order valence-corrected chi connectivity index (χ2v) is 3.55. The molecule has 0 aromatic heterocycles. The average molecular weight is 222 g/mol. The molecule has 0 aliphatic rings. The molecule has 4 heteroatoms. The fraction of sp³-hybridized carbons (Fsp3) is 0.333. The highest BCUT2D eigenvalue weighted by Crippen LogP contribution is 2.31. The van der Waals surface area contributed by atoms with Gasteiger partial charge in [0.1, 0.15) is 0 Å². The molecule has 4 nitrogen and oxygen atoms in total. The van der Waals surface area contributed by atoms with Crippen molar-refractivity contribution in [2.24, 2.45) is 0 Å². The van der Waals surface area contributed by atoms with Gasteiger partial charge in [-0.3, -0.25) is 9.59 Å². The molecule has 0 fully saturated rings. The van der Waals surface area contributed by atoms with Crippen molar-refractivity contribution in [2.45, 2.75) is 26.9 Å². The molecule has 0 atom stereocenters. The standard InChI is InChI=1S/C12H14O4/c1-8(2)15-11-6-4-5-10(7-13)12(11)16-9(3)14/h4-8H,1-3H3. The third-order valence-corrected chi connectivity index (χ3v) is 1.74. The van der Waals surface area contributed by atoms with E-state index in [1.165, 1.54) is 6.92 Å². The first-order valence-corrected chi connectivity index (χ1v) is 4.98. The van der Waals surface area contributed by atoms with E-state index >= 15 is 0 Å². The van der Waals surface area contributed by atoms with Crippen LogP contribution in [0.3, 0.4) is 0 Å². The molecule has 0 amide bonds. The Morgan fingerprint density at radius 3 is 2.56 bits per heavy atom. The normalized spacial score (nSPS) is 10.0. The number of carbonyl (C=O) groups excluding carboxylic acids is 2. The summed E-state index contributed by atoms with van der Waals surface area (Å²) in [5.41, 5.74) is 0.299. The summed E-state index contributed by atoms with van der Waals surface area (Å²) in [5, 5.41) is 0. The number of carbonyl (C=O) groups is 2. The molecule has 0 spiro atoms. The second-order valence-electron chi connectivity index (χ2n) is 3.55. The number of ether oxygens (including phenoxy) is 2. The third kappa shape index (κ3) is 3.08. The van der Waals surface area contributed by atoms with E-state index < -0.39 is 5.97 Å². The molecule has 86 valence electrons. The van der Waals surface area contributed by atoms with E-state index in [2.05, 4.69) is 0 Å². The first kappa shape index (κ1) is 12.2. The number of hydrogen-bond donors (Lipinski definition) is 0. The summed E-state index contributed by atoms with van der Waals surface area (Å²) >= 11 is 0. The molecule has 0 radical (unpaired) electrons. The SMILES string of the molecule is CC(=O)Oc1c(C=O)cccc1OC(C)C. The molecule has 1 aromatic carbocycles. The van der Waals surface area contributed by atoms with Gasteiger partial charge in [-0.15, -0.1) is 0 Å². The molecule has 1 aromatic rings. The second kappa shape index (κ2) is 5.30. The van der Waals surface area contributed by atoms with Crippen molar-refractivity contribution in [1.82, 2.24) is 0 Å². The van der Waals surface area contributed by atoms with E-state index in [9.17, 15) is 9.59 Å². The summed E-state index contributed by atoms with van der Waals surface area (Å²) in [6, 6.07) is 4.90. The van der Waals surface area contributed by atoms with Gasteiger partial charge in [-0.1, -0.05) is 6.07 Å². The van der Waals surface area contributed by atoms with Crippen LogP contribution >= 0.6 is 0 Å². The maximum atomic E-state index is 10.9. The van der Waals surface area contributed by atoms with Gasteiger partial charge >= 0.3 is 5.97 Å². The highest BCUT2D eigenvalue weighted by atomic mass is 16.6. The van der Waals surface area contributed by atoms with E-state index in [1.54, 1.807) is 18.2 Å². The van der Waals surface area contributed by atoms with Gasteiger partial charge in [-0.2, -0.15) is 0 Å². The summed E-state index contributed by atoms with van der Waals surface area (Å²) in [6.45, 7) is 4.98. The van der Waals surface area contributed by atoms with Crippen molar-refractivity contribution in [3.8, 4) is 11.5 Å². The zero-order valence-electron chi connectivity index (χ0n) is 9.52. The highest BCUT2D eigenvalue weighted by Gasteiger charge is 2.13. The molecule has 16 heavy (non-hydrogen) atoms. The van der Waals surface area contributed by atoms with E-state index in [0.29, 0.717) is 17.6 Å². The van der Waals surface area contributed by atoms with Crippen molar-refractivity contribution in [3.05, 3.63) is 23.8 Å². The summed E-state index contributed by atoms with van der Waals surface area (Å²) in [5.74, 6) is 0.0939. The van der Waals surface area contributed by atoms with Crippen molar-refractivity contribution in [1.29, 1.82) is 0 Å². The largest absolute Gasteiger partial charge is 0.487 e. The first-order valence-electron chi connectivity index (χ1n) is 4.98. The van der Waals surface area contributed by atoms with Crippen molar-refractivity contribution in [2.75, 3.05) is 0 Å². The number of rotatable bonds is 4. The fourth-order valence-electron chi connectivity index (χ4n) is 1.23. The fourth-order valence-corrected chi connectivity index (χ4v) is 1.23. The average Bonchev–Trinajstić information content (AvgIpc) is 2.19. The summed E-state index contributed by atoms with van der Waals surface area (Å²) in [6.07, 6.45) is 0.571. The highest BCUT2D eigenvalue weighted by molar-refractivity contribution is 5.83. The van der Waals surface area contributed by atoms with Crippen LogP contribution < -0.4 is 9.47 Å². The minimum absolute atomic E-state index is 0.0591. The zero-order chi connectivity index (χ0) is 12.1. The lowest BCUT2D eigenvalue weighted by atomic mass is 10.2. The Labute approximate surface area is 94.2 Å². The first-order chi connectivity index (χ1) is 7.54. The summed E-state index contributed by atoms with van der Waals surface area (Å²) < 4.78 is 10.4. The lowest BCUT2D eigenvalue weighted by Gasteiger charge is -2.14. The lowest BCUT2D eigenvalue weighted by molar-refractivity contribution is -0.132. The van der Waals surface area contributed by atoms with Gasteiger partial charge in [0.25, 0.3) is 0 Å². The lowest BCUT2D eigenvalue weighted by Crippen LogP contribution is -2.10. The number of aldehydes is 1. The van der Waals surface area contributed by atoms with Crippen LogP contribution in [0.1, 0.15) is 31.1 Å². The van der Waals surface area contributed by atoms with Crippen LogP contribution in [0.2, 0.25) is 0 Å². The maximum absolute atomic E-state index is 10.9. The molecular weight excluding hydrogens is 208 g/mol. The number of para-hydroxylation sites is 1. The van der Waals surface area contributed by atoms with E-state index in [4.69, 9.17) is 9.47 Å². The van der Waals surface area contributed by atoms with E-state index in [0.717, 1.165) is 0 Å². The van der Waals surface area contributed by atoms with Crippen LogP contribution in [0.5, 0.6) is 11.5 Å². The van der Waals surface area contributed by atoms with Crippen LogP contribution in [0.4, 0.5) is 0 Å². The Morgan fingerprint density at radius 1 is 1.38 bits per heavy atom. The monoisotopic (exact) mass is 222 g/mol. The topological polar surface area (TPSA) is 52.6 Å². The third-order valence-electron chi connectivity index (χ3n) is 1.74. The van der Waals surface area contributed by atoms with Crippen molar-refractivity contribution >= 4 is 12.3 Å². The van der Waals surface area contributed by atoms with Crippen LogP contribution in [0.15, 0.2) is 18.2 Å². The van der Waals surface area contributed by atoms with Gasteiger partial charge < -0.3 is 9.47 Å². The molecule has 0 saturated heterocycles. The predicted octanol–water partition coefficient (Wildman–Crippen LogP) is 2.21. The number of hydrogen-bond acceptors (Lipinski definition) is 4. The minimum atomic E-state index is -0.483. The van der Waals surface area contributed by atoms with E-state index in [-0.39, 0.29) is 11.9 Å². The molecule has 0 saturated carbocycles. The predicted molar refractivity (Wildman–Crippen MR) is 58.9 cm³/mol. The molecule has 0 aliphatic carbocycles. The molecule has 0 N–H and O–H groups in total. The van der Waals surface area contributed by atoms with Gasteiger partial charge in [0.15, 0.2) is 17.8 Å². The molecule has 1 rings (SSSR count). The number of esters is 1. The zero-order valence-corrected chi connectivity index (χ0v) is 9.52. The Morgan fingerprint density at radius 2 is 2.06 bits per heavy atom. The van der Waals surface area contributed by atoms with Crippen LogP contribution in [-0.4, -0.2) is 18.4 Å². The Kier molecular flexibility index (Phi) is 4.05. The van der Waals surface area contributed by atoms with Crippen molar-refractivity contribution < 1.29 is 19.1 Å². The Hall–Kier alpha value is -1.84. The van der Waals surface area contributed by atoms with Crippen molar-refractivity contribution in [3.63, 3.8) is 0 Å². The summed E-state index contributed by atoms with van der Waals surface area (Å²) in [7, 11) is 0. The molecule has 0 heterocycles. The Balaban J connectivity index is 3.14. The smallest absolute Gasteiger partial charge is 0.308 e. The van der Waals surface area contributed by atoms with Gasteiger partial charge in [-0.05, 0) is 26.0 Å². The van der Waals surface area contributed by atoms with Gasteiger partial charge in [0.2, 0.25) is 0 Å². The van der Waals surface area contributed by atoms with Gasteiger partial charge in [0, 0.05) is 6.92 Å². The van der Waals surface area contributed by atoms with Gasteiger partial charge in [0.05, 0.1) is 11.7 Å². The van der Waals surface area contributed by atoms with Gasteiger partial charge in [-0.25, -0.2) is 0 Å². The number of benzene rings is 1. The quantitative estimate of drug-likeness (QED) is 0.445.